The number of ether oxygens (including phenoxy) is 1. The minimum Gasteiger partial charge on any atom is -0.468 e. The third kappa shape index (κ3) is 3.65. The van der Waals surface area contributed by atoms with Gasteiger partial charge in [-0.05, 0) is 17.7 Å². The van der Waals surface area contributed by atoms with E-state index >= 15 is 0 Å². The van der Waals surface area contributed by atoms with Gasteiger partial charge in [0, 0.05) is 12.3 Å². The van der Waals surface area contributed by atoms with Gasteiger partial charge in [-0.1, -0.05) is 23.9 Å². The largest absolute Gasteiger partial charge is 0.468 e. The molecule has 1 aromatic carbocycles. The van der Waals surface area contributed by atoms with Crippen LogP contribution in [0, 0.1) is 17.1 Å². The van der Waals surface area contributed by atoms with Gasteiger partial charge in [0.15, 0.2) is 0 Å². The predicted molar refractivity (Wildman–Crippen MR) is 79.0 cm³/mol. The molecule has 0 saturated heterocycles. The van der Waals surface area contributed by atoms with Crippen LogP contribution in [0.2, 0.25) is 0 Å². The van der Waals surface area contributed by atoms with E-state index in [4.69, 9.17) is 0 Å². The maximum Gasteiger partial charge on any atom is 0.316 e. The number of nitrogens with one attached hydrogen (secondary N) is 1. The number of allylic oxidation sites excluding steroid dienone is 1. The summed E-state index contributed by atoms with van der Waals surface area (Å²) >= 11 is 1.03. The molecule has 0 unspecified atom stereocenters. The summed E-state index contributed by atoms with van der Waals surface area (Å²) in [7, 11) is 1.26. The maximum atomic E-state index is 13.4. The van der Waals surface area contributed by atoms with Gasteiger partial charge in [-0.3, -0.25) is 9.59 Å². The van der Waals surface area contributed by atoms with E-state index < -0.39 is 17.7 Å². The zero-order valence-corrected chi connectivity index (χ0v) is 12.6. The number of hydrogen-bond acceptors (Lipinski definition) is 5. The van der Waals surface area contributed by atoms with Crippen LogP contribution in [0.3, 0.4) is 0 Å². The Hall–Kier alpha value is -2.33. The molecule has 0 spiro atoms. The van der Waals surface area contributed by atoms with Crippen LogP contribution in [-0.2, 0) is 14.3 Å². The molecule has 114 valence electrons. The molecule has 7 heteroatoms. The molecule has 0 radical (unpaired) electrons. The quantitative estimate of drug-likeness (QED) is 0.859. The van der Waals surface area contributed by atoms with Crippen molar-refractivity contribution in [3.63, 3.8) is 0 Å². The highest BCUT2D eigenvalue weighted by atomic mass is 32.2. The lowest BCUT2D eigenvalue weighted by Crippen LogP contribution is -2.31. The highest BCUT2D eigenvalue weighted by molar-refractivity contribution is 8.03. The van der Waals surface area contributed by atoms with Gasteiger partial charge in [0.05, 0.1) is 29.5 Å². The smallest absolute Gasteiger partial charge is 0.316 e. The van der Waals surface area contributed by atoms with Crippen molar-refractivity contribution in [2.45, 2.75) is 12.3 Å². The van der Waals surface area contributed by atoms with Crippen LogP contribution in [0.1, 0.15) is 17.9 Å². The number of methoxy groups -OCH3 is 1. The van der Waals surface area contributed by atoms with E-state index in [2.05, 4.69) is 16.1 Å². The number of hydrogen-bond donors (Lipinski definition) is 1. The van der Waals surface area contributed by atoms with Crippen LogP contribution in [0.4, 0.5) is 4.39 Å². The van der Waals surface area contributed by atoms with Gasteiger partial charge in [0.25, 0.3) is 0 Å². The molecule has 1 aliphatic heterocycles. The Bertz CT molecular complexity index is 682. The molecule has 1 aromatic rings. The Morgan fingerprint density at radius 1 is 1.59 bits per heavy atom. The van der Waals surface area contributed by atoms with E-state index in [1.54, 1.807) is 6.07 Å². The summed E-state index contributed by atoms with van der Waals surface area (Å²) in [6, 6.07) is 7.87. The molecule has 1 amide bonds. The summed E-state index contributed by atoms with van der Waals surface area (Å²) in [5, 5.41) is 12.3. The van der Waals surface area contributed by atoms with E-state index in [0.717, 1.165) is 11.8 Å². The number of carbonyl (C=O) groups excluding carboxylic acids is 2. The molecule has 1 heterocycles. The SMILES string of the molecule is COC(=O)CSC1=C(C#N)[C@@H](c2cccc(F)c2)CC(=O)N1. The molecule has 0 aromatic heterocycles. The minimum atomic E-state index is -0.519. The standard InChI is InChI=1S/C15H13FN2O3S/c1-21-14(20)8-22-15-12(7-17)11(6-13(19)18-15)9-3-2-4-10(16)5-9/h2-5,11H,6,8H2,1H3,(H,18,19)/t11-/m1/s1. The number of benzene rings is 1. The Morgan fingerprint density at radius 3 is 3.00 bits per heavy atom. The summed E-state index contributed by atoms with van der Waals surface area (Å²) < 4.78 is 17.9. The molecule has 1 N–H and O–H groups in total. The maximum absolute atomic E-state index is 13.4. The first-order chi connectivity index (χ1) is 10.5. The highest BCUT2D eigenvalue weighted by Crippen LogP contribution is 2.36. The molecule has 0 bridgehead atoms. The predicted octanol–water partition coefficient (Wildman–Crippen LogP) is 2.07. The first kappa shape index (κ1) is 16.0. The van der Waals surface area contributed by atoms with Gasteiger partial charge < -0.3 is 10.1 Å². The molecule has 0 fully saturated rings. The fraction of sp³-hybridized carbons (Fsp3) is 0.267. The second-order valence-electron chi connectivity index (χ2n) is 4.58. The summed E-state index contributed by atoms with van der Waals surface area (Å²) in [4.78, 5) is 23.1. The van der Waals surface area contributed by atoms with Crippen LogP contribution in [0.5, 0.6) is 0 Å². The van der Waals surface area contributed by atoms with Crippen LogP contribution in [0.15, 0.2) is 34.9 Å². The van der Waals surface area contributed by atoms with E-state index in [9.17, 15) is 19.2 Å². The van der Waals surface area contributed by atoms with Crippen molar-refractivity contribution in [3.05, 3.63) is 46.2 Å². The van der Waals surface area contributed by atoms with Gasteiger partial charge in [0.1, 0.15) is 5.82 Å². The molecule has 1 aliphatic rings. The lowest BCUT2D eigenvalue weighted by molar-refractivity contribution is -0.137. The van der Waals surface area contributed by atoms with Gasteiger partial charge >= 0.3 is 5.97 Å². The Labute approximate surface area is 131 Å². The molecule has 2 rings (SSSR count). The third-order valence-corrected chi connectivity index (χ3v) is 4.16. The van der Waals surface area contributed by atoms with E-state index in [-0.39, 0.29) is 18.1 Å². The number of rotatable bonds is 4. The Morgan fingerprint density at radius 2 is 2.36 bits per heavy atom. The summed E-state index contributed by atoms with van der Waals surface area (Å²) in [6.45, 7) is 0. The van der Waals surface area contributed by atoms with Crippen molar-refractivity contribution in [1.82, 2.24) is 5.32 Å². The van der Waals surface area contributed by atoms with Gasteiger partial charge in [-0.2, -0.15) is 5.26 Å². The minimum absolute atomic E-state index is 0.0207. The Balaban J connectivity index is 2.34. The van der Waals surface area contributed by atoms with Crippen LogP contribution in [0.25, 0.3) is 0 Å². The van der Waals surface area contributed by atoms with Crippen molar-refractivity contribution < 1.29 is 18.7 Å². The molecule has 5 nitrogen and oxygen atoms in total. The van der Waals surface area contributed by atoms with Crippen molar-refractivity contribution in [3.8, 4) is 6.07 Å². The fourth-order valence-electron chi connectivity index (χ4n) is 2.13. The monoisotopic (exact) mass is 320 g/mol. The van der Waals surface area contributed by atoms with E-state index in [0.29, 0.717) is 16.2 Å². The highest BCUT2D eigenvalue weighted by Gasteiger charge is 2.30. The number of amides is 1. The van der Waals surface area contributed by atoms with E-state index in [1.807, 2.05) is 0 Å². The average molecular weight is 320 g/mol. The van der Waals surface area contributed by atoms with Crippen LogP contribution < -0.4 is 5.32 Å². The number of esters is 1. The summed E-state index contributed by atoms with van der Waals surface area (Å²) in [5.41, 5.74) is 0.877. The normalized spacial score (nSPS) is 17.7. The number of halogens is 1. The zero-order chi connectivity index (χ0) is 16.1. The van der Waals surface area contributed by atoms with Gasteiger partial charge in [-0.15, -0.1) is 0 Å². The zero-order valence-electron chi connectivity index (χ0n) is 11.8. The summed E-state index contributed by atoms with van der Waals surface area (Å²) in [6.07, 6.45) is 0.0641. The van der Waals surface area contributed by atoms with E-state index in [1.165, 1.54) is 25.3 Å². The number of nitrogens with zero attached hydrogens (tertiary/aromatic N) is 1. The van der Waals surface area contributed by atoms with Crippen molar-refractivity contribution >= 4 is 23.6 Å². The molecular formula is C15H13FN2O3S. The molecule has 22 heavy (non-hydrogen) atoms. The Kier molecular flexibility index (Phi) is 5.17. The number of thioether (sulfide) groups is 1. The second-order valence-corrected chi connectivity index (χ2v) is 5.56. The molecular weight excluding hydrogens is 307 g/mol. The first-order valence-corrected chi connectivity index (χ1v) is 7.43. The molecule has 0 saturated carbocycles. The first-order valence-electron chi connectivity index (χ1n) is 6.44. The van der Waals surface area contributed by atoms with Crippen LogP contribution in [-0.4, -0.2) is 24.7 Å². The topological polar surface area (TPSA) is 79.2 Å². The van der Waals surface area contributed by atoms with Gasteiger partial charge in [0.2, 0.25) is 5.91 Å². The van der Waals surface area contributed by atoms with Crippen molar-refractivity contribution in [2.24, 2.45) is 0 Å². The van der Waals surface area contributed by atoms with Crippen LogP contribution >= 0.6 is 11.8 Å². The molecule has 0 aliphatic carbocycles. The average Bonchev–Trinajstić information content (AvgIpc) is 2.51. The van der Waals surface area contributed by atoms with Gasteiger partial charge in [-0.25, -0.2) is 4.39 Å². The van der Waals surface area contributed by atoms with Crippen molar-refractivity contribution in [1.29, 1.82) is 5.26 Å². The lowest BCUT2D eigenvalue weighted by atomic mass is 9.87. The second kappa shape index (κ2) is 7.09. The fourth-order valence-corrected chi connectivity index (χ4v) is 3.04. The summed E-state index contributed by atoms with van der Waals surface area (Å²) in [5.74, 6) is -1.70. The third-order valence-electron chi connectivity index (χ3n) is 3.17. The number of nitriles is 1. The lowest BCUT2D eigenvalue weighted by Gasteiger charge is -2.24. The van der Waals surface area contributed by atoms with Crippen molar-refractivity contribution in [2.75, 3.05) is 12.9 Å². The number of carbonyl (C=O) groups is 2. The molecule has 1 atom stereocenters.